The number of rotatable bonds is 4. The van der Waals surface area contributed by atoms with Crippen LogP contribution in [0.1, 0.15) is 59.1 Å². The lowest BCUT2D eigenvalue weighted by Gasteiger charge is -2.31. The smallest absolute Gasteiger partial charge is 0.267 e. The van der Waals surface area contributed by atoms with E-state index in [1.54, 1.807) is 6.07 Å². The van der Waals surface area contributed by atoms with Gasteiger partial charge >= 0.3 is 0 Å². The fraction of sp³-hybridized carbons (Fsp3) is 0.400. The molecule has 1 aromatic heterocycles. The first kappa shape index (κ1) is 14.8. The largest absolute Gasteiger partial charge is 0.474 e. The van der Waals surface area contributed by atoms with Crippen molar-refractivity contribution in [1.82, 2.24) is 4.98 Å². The van der Waals surface area contributed by atoms with E-state index in [0.717, 1.165) is 24.1 Å². The fourth-order valence-corrected chi connectivity index (χ4v) is 3.62. The van der Waals surface area contributed by atoms with E-state index < -0.39 is 5.91 Å². The maximum absolute atomic E-state index is 11.4. The highest BCUT2D eigenvalue weighted by Crippen LogP contribution is 2.47. The minimum atomic E-state index is -0.532. The lowest BCUT2D eigenvalue weighted by atomic mass is 10.0. The van der Waals surface area contributed by atoms with Gasteiger partial charge in [-0.2, -0.15) is 0 Å². The van der Waals surface area contributed by atoms with Gasteiger partial charge in [-0.3, -0.25) is 4.79 Å². The van der Waals surface area contributed by atoms with Crippen LogP contribution in [0, 0.1) is 0 Å². The lowest BCUT2D eigenvalue weighted by molar-refractivity contribution is 0.0994. The zero-order chi connectivity index (χ0) is 17.0. The van der Waals surface area contributed by atoms with E-state index >= 15 is 0 Å². The van der Waals surface area contributed by atoms with Crippen LogP contribution in [0.5, 0.6) is 5.88 Å². The molecule has 2 aromatic rings. The number of carbonyl (C=O) groups excluding carboxylic acids is 1. The second-order valence-electron chi connectivity index (χ2n) is 7.29. The summed E-state index contributed by atoms with van der Waals surface area (Å²) in [6.45, 7) is 1.33. The van der Waals surface area contributed by atoms with Gasteiger partial charge in [0.1, 0.15) is 18.0 Å². The first-order valence-corrected chi connectivity index (χ1v) is 9.05. The Labute approximate surface area is 146 Å². The number of hydrogen-bond acceptors (Lipinski definition) is 4. The molecular weight excluding hydrogens is 314 g/mol. The van der Waals surface area contributed by atoms with Crippen LogP contribution in [0.25, 0.3) is 0 Å². The second-order valence-corrected chi connectivity index (χ2v) is 7.29. The predicted octanol–water partition coefficient (Wildman–Crippen LogP) is 3.47. The molecule has 5 heteroatoms. The molecule has 0 saturated heterocycles. The number of ether oxygens (including phenoxy) is 1. The van der Waals surface area contributed by atoms with Crippen molar-refractivity contribution in [3.63, 3.8) is 0 Å². The molecule has 2 heterocycles. The quantitative estimate of drug-likeness (QED) is 0.929. The summed E-state index contributed by atoms with van der Waals surface area (Å²) in [5, 5.41) is 0. The summed E-state index contributed by atoms with van der Waals surface area (Å²) >= 11 is 0. The maximum Gasteiger partial charge on any atom is 0.267 e. The van der Waals surface area contributed by atoms with Crippen LogP contribution in [-0.2, 0) is 0 Å². The predicted molar refractivity (Wildman–Crippen MR) is 95.6 cm³/mol. The van der Waals surface area contributed by atoms with Gasteiger partial charge in [-0.15, -0.1) is 0 Å². The molecule has 25 heavy (non-hydrogen) atoms. The van der Waals surface area contributed by atoms with Gasteiger partial charge in [-0.1, -0.05) is 6.07 Å². The van der Waals surface area contributed by atoms with Crippen molar-refractivity contribution < 1.29 is 9.53 Å². The van der Waals surface area contributed by atoms with Gasteiger partial charge in [-0.05, 0) is 72.9 Å². The zero-order valence-corrected chi connectivity index (χ0v) is 14.1. The molecule has 0 atom stereocenters. The number of primary amides is 1. The second kappa shape index (κ2) is 5.48. The molecule has 1 aliphatic heterocycles. The molecule has 2 N–H and O–H groups in total. The Morgan fingerprint density at radius 3 is 2.36 bits per heavy atom. The van der Waals surface area contributed by atoms with E-state index in [-0.39, 0.29) is 5.69 Å². The van der Waals surface area contributed by atoms with Gasteiger partial charge < -0.3 is 15.4 Å². The van der Waals surface area contributed by atoms with E-state index in [1.807, 2.05) is 6.07 Å². The third-order valence-corrected chi connectivity index (χ3v) is 5.31. The van der Waals surface area contributed by atoms with Gasteiger partial charge in [0, 0.05) is 5.69 Å². The van der Waals surface area contributed by atoms with E-state index in [4.69, 9.17) is 10.5 Å². The van der Waals surface area contributed by atoms with Crippen molar-refractivity contribution in [1.29, 1.82) is 0 Å². The summed E-state index contributed by atoms with van der Waals surface area (Å²) in [6.07, 6.45) is 5.21. The van der Waals surface area contributed by atoms with E-state index in [1.165, 1.54) is 42.5 Å². The molecule has 5 rings (SSSR count). The van der Waals surface area contributed by atoms with Crippen molar-refractivity contribution in [2.24, 2.45) is 5.73 Å². The Morgan fingerprint density at radius 1 is 1.08 bits per heavy atom. The van der Waals surface area contributed by atoms with Gasteiger partial charge in [0.25, 0.3) is 5.91 Å². The summed E-state index contributed by atoms with van der Waals surface area (Å²) in [5.41, 5.74) is 10.6. The standard InChI is InChI=1S/C20H21N3O2/c21-19(24)17-5-6-18-20(22-17)25-8-7-23(18)16-10-14(12-1-2-12)9-15(11-16)13-3-4-13/h5-6,9-13H,1-4,7-8H2,(H2,21,24). The summed E-state index contributed by atoms with van der Waals surface area (Å²) in [6, 6.07) is 10.6. The van der Waals surface area contributed by atoms with Crippen LogP contribution in [0.2, 0.25) is 0 Å². The number of benzene rings is 1. The molecule has 0 spiro atoms. The summed E-state index contributed by atoms with van der Waals surface area (Å²) in [5.74, 6) is 1.42. The highest BCUT2D eigenvalue weighted by atomic mass is 16.5. The van der Waals surface area contributed by atoms with Crippen LogP contribution in [0.4, 0.5) is 11.4 Å². The minimum Gasteiger partial charge on any atom is -0.474 e. The van der Waals surface area contributed by atoms with E-state index in [9.17, 15) is 4.79 Å². The van der Waals surface area contributed by atoms with Crippen molar-refractivity contribution in [3.8, 4) is 5.88 Å². The average molecular weight is 335 g/mol. The third-order valence-electron chi connectivity index (χ3n) is 5.31. The normalized spacial score (nSPS) is 19.3. The number of hydrogen-bond donors (Lipinski definition) is 1. The number of aromatic nitrogens is 1. The molecule has 0 unspecified atom stereocenters. The number of carbonyl (C=O) groups is 1. The number of nitrogens with two attached hydrogens (primary N) is 1. The molecule has 0 bridgehead atoms. The minimum absolute atomic E-state index is 0.242. The highest BCUT2D eigenvalue weighted by Gasteiger charge is 2.30. The van der Waals surface area contributed by atoms with Crippen molar-refractivity contribution in [2.75, 3.05) is 18.1 Å². The van der Waals surface area contributed by atoms with E-state index in [0.29, 0.717) is 12.5 Å². The summed E-state index contributed by atoms with van der Waals surface area (Å²) < 4.78 is 5.69. The molecule has 1 amide bonds. The van der Waals surface area contributed by atoms with Crippen LogP contribution in [-0.4, -0.2) is 24.0 Å². The highest BCUT2D eigenvalue weighted by molar-refractivity contribution is 5.91. The third kappa shape index (κ3) is 2.73. The van der Waals surface area contributed by atoms with Crippen molar-refractivity contribution >= 4 is 17.3 Å². The molecule has 2 aliphatic carbocycles. The number of nitrogens with zero attached hydrogens (tertiary/aromatic N) is 2. The first-order valence-electron chi connectivity index (χ1n) is 9.05. The summed E-state index contributed by atoms with van der Waals surface area (Å²) in [4.78, 5) is 17.9. The maximum atomic E-state index is 11.4. The number of pyridine rings is 1. The number of amides is 1. The number of anilines is 2. The van der Waals surface area contributed by atoms with Crippen LogP contribution >= 0.6 is 0 Å². The monoisotopic (exact) mass is 335 g/mol. The number of fused-ring (bicyclic) bond motifs is 1. The van der Waals surface area contributed by atoms with Gasteiger partial charge in [0.15, 0.2) is 0 Å². The van der Waals surface area contributed by atoms with Crippen molar-refractivity contribution in [2.45, 2.75) is 37.5 Å². The Morgan fingerprint density at radius 2 is 1.76 bits per heavy atom. The molecule has 5 nitrogen and oxygen atoms in total. The molecule has 128 valence electrons. The van der Waals surface area contributed by atoms with Gasteiger partial charge in [0.05, 0.1) is 6.54 Å². The van der Waals surface area contributed by atoms with Crippen LogP contribution in [0.15, 0.2) is 30.3 Å². The molecule has 1 aromatic carbocycles. The Hall–Kier alpha value is -2.56. The van der Waals surface area contributed by atoms with Crippen molar-refractivity contribution in [3.05, 3.63) is 47.2 Å². The molecular formula is C20H21N3O2. The van der Waals surface area contributed by atoms with Gasteiger partial charge in [0.2, 0.25) is 5.88 Å². The van der Waals surface area contributed by atoms with Crippen LogP contribution < -0.4 is 15.4 Å². The molecule has 2 saturated carbocycles. The average Bonchev–Trinajstić information content (AvgIpc) is 3.52. The van der Waals surface area contributed by atoms with E-state index in [2.05, 4.69) is 28.1 Å². The fourth-order valence-electron chi connectivity index (χ4n) is 3.62. The SMILES string of the molecule is NC(=O)c1ccc2c(n1)OCCN2c1cc(C2CC2)cc(C2CC2)c1. The first-order chi connectivity index (χ1) is 12.2. The Balaban J connectivity index is 1.57. The Kier molecular flexibility index (Phi) is 3.23. The van der Waals surface area contributed by atoms with Gasteiger partial charge in [-0.25, -0.2) is 4.98 Å². The lowest BCUT2D eigenvalue weighted by Crippen LogP contribution is -2.30. The molecule has 3 aliphatic rings. The summed E-state index contributed by atoms with van der Waals surface area (Å²) in [7, 11) is 0. The zero-order valence-electron chi connectivity index (χ0n) is 14.1. The topological polar surface area (TPSA) is 68.5 Å². The molecule has 2 fully saturated rings. The molecule has 0 radical (unpaired) electrons. The Bertz CT molecular complexity index is 826. The van der Waals surface area contributed by atoms with Crippen LogP contribution in [0.3, 0.4) is 0 Å².